The molecule has 1 N–H and O–H groups in total. The zero-order chi connectivity index (χ0) is 15.7. The van der Waals surface area contributed by atoms with Gasteiger partial charge in [-0.1, -0.05) is 44.5 Å². The molecule has 0 aliphatic rings. The first-order chi connectivity index (χ1) is 10.1. The molecule has 1 rings (SSSR count). The first kappa shape index (κ1) is 17.4. The van der Waals surface area contributed by atoms with Crippen LogP contribution in [0.3, 0.4) is 0 Å². The summed E-state index contributed by atoms with van der Waals surface area (Å²) in [7, 11) is 0. The van der Waals surface area contributed by atoms with Gasteiger partial charge in [-0.15, -0.1) is 0 Å². The normalized spacial score (nSPS) is 13.0. The van der Waals surface area contributed by atoms with Crippen molar-refractivity contribution < 1.29 is 9.90 Å². The third-order valence-corrected chi connectivity index (χ3v) is 3.85. The fraction of sp³-hybridized carbons (Fsp3) is 0.500. The van der Waals surface area contributed by atoms with Crippen LogP contribution in [0.2, 0.25) is 0 Å². The Labute approximate surface area is 128 Å². The van der Waals surface area contributed by atoms with Crippen LogP contribution in [-0.4, -0.2) is 28.6 Å². The second-order valence-electron chi connectivity index (χ2n) is 5.45. The maximum Gasteiger partial charge on any atom is 0.328 e. The molecule has 1 unspecified atom stereocenters. The van der Waals surface area contributed by atoms with Gasteiger partial charge in [0.1, 0.15) is 0 Å². The number of hydrogen-bond donors (Lipinski definition) is 1. The van der Waals surface area contributed by atoms with Gasteiger partial charge in [-0.2, -0.15) is 0 Å². The lowest BCUT2D eigenvalue weighted by molar-refractivity contribution is -0.131. The largest absolute Gasteiger partial charge is 0.478 e. The highest BCUT2D eigenvalue weighted by molar-refractivity contribution is 5.85. The summed E-state index contributed by atoms with van der Waals surface area (Å²) in [4.78, 5) is 13.2. The summed E-state index contributed by atoms with van der Waals surface area (Å²) in [5, 5.41) is 8.79. The van der Waals surface area contributed by atoms with Gasteiger partial charge in [0, 0.05) is 18.7 Å². The predicted molar refractivity (Wildman–Crippen MR) is 88.2 cm³/mol. The smallest absolute Gasteiger partial charge is 0.328 e. The van der Waals surface area contributed by atoms with E-state index in [2.05, 4.69) is 31.7 Å². The zero-order valence-corrected chi connectivity index (χ0v) is 13.4. The molecule has 1 aromatic rings. The molecule has 0 aliphatic heterocycles. The van der Waals surface area contributed by atoms with Crippen LogP contribution in [-0.2, 0) is 11.3 Å². The van der Waals surface area contributed by atoms with Crippen LogP contribution in [0.25, 0.3) is 6.08 Å². The fourth-order valence-corrected chi connectivity index (χ4v) is 2.30. The minimum atomic E-state index is -0.908. The molecule has 0 radical (unpaired) electrons. The van der Waals surface area contributed by atoms with E-state index in [1.54, 1.807) is 6.08 Å². The van der Waals surface area contributed by atoms with Gasteiger partial charge < -0.3 is 5.11 Å². The van der Waals surface area contributed by atoms with Gasteiger partial charge in [0.15, 0.2) is 0 Å². The van der Waals surface area contributed by atoms with E-state index in [0.717, 1.165) is 25.1 Å². The second-order valence-corrected chi connectivity index (χ2v) is 5.45. The van der Waals surface area contributed by atoms with E-state index in [1.165, 1.54) is 24.5 Å². The number of nitrogens with zero attached hydrogens (tertiary/aromatic N) is 1. The van der Waals surface area contributed by atoms with Crippen LogP contribution in [0.4, 0.5) is 0 Å². The van der Waals surface area contributed by atoms with Gasteiger partial charge in [-0.25, -0.2) is 4.79 Å². The van der Waals surface area contributed by atoms with E-state index in [1.807, 2.05) is 18.2 Å². The van der Waals surface area contributed by atoms with Crippen molar-refractivity contribution in [1.29, 1.82) is 0 Å². The molecule has 0 saturated heterocycles. The number of carbonyl (C=O) groups is 1. The third-order valence-electron chi connectivity index (χ3n) is 3.85. The Kier molecular flexibility index (Phi) is 7.76. The number of carboxylic acids is 1. The molecule has 0 bridgehead atoms. The number of benzene rings is 1. The van der Waals surface area contributed by atoms with Crippen molar-refractivity contribution in [1.82, 2.24) is 4.90 Å². The Morgan fingerprint density at radius 2 is 2.05 bits per heavy atom. The highest BCUT2D eigenvalue weighted by Gasteiger charge is 2.13. The summed E-state index contributed by atoms with van der Waals surface area (Å²) >= 11 is 0. The molecule has 1 atom stereocenters. The Bertz CT molecular complexity index is 468. The molecule has 0 heterocycles. The molecule has 0 aliphatic carbocycles. The molecule has 0 aromatic heterocycles. The Morgan fingerprint density at radius 1 is 1.33 bits per heavy atom. The molecule has 0 fully saturated rings. The van der Waals surface area contributed by atoms with Crippen molar-refractivity contribution in [2.75, 3.05) is 6.54 Å². The molecule has 0 amide bonds. The third kappa shape index (κ3) is 6.13. The van der Waals surface area contributed by atoms with E-state index in [0.29, 0.717) is 6.04 Å². The highest BCUT2D eigenvalue weighted by atomic mass is 16.4. The predicted octanol–water partition coefficient (Wildman–Crippen LogP) is 4.19. The van der Waals surface area contributed by atoms with Crippen LogP contribution < -0.4 is 0 Å². The van der Waals surface area contributed by atoms with Crippen molar-refractivity contribution in [3.8, 4) is 0 Å². The van der Waals surface area contributed by atoms with E-state index in [4.69, 9.17) is 5.11 Å². The maximum atomic E-state index is 10.7. The van der Waals surface area contributed by atoms with Crippen molar-refractivity contribution in [3.05, 3.63) is 41.5 Å². The average molecular weight is 289 g/mol. The Hall–Kier alpha value is -1.61. The van der Waals surface area contributed by atoms with E-state index in [9.17, 15) is 4.79 Å². The molecular formula is C18H27NO2. The maximum absolute atomic E-state index is 10.7. The Morgan fingerprint density at radius 3 is 2.67 bits per heavy atom. The molecule has 0 spiro atoms. The average Bonchev–Trinajstić information content (AvgIpc) is 2.49. The number of rotatable bonds is 9. The number of unbranched alkanes of at least 4 members (excludes halogenated alkanes) is 1. The van der Waals surface area contributed by atoms with Crippen molar-refractivity contribution >= 4 is 12.0 Å². The minimum absolute atomic E-state index is 0.535. The van der Waals surface area contributed by atoms with Crippen molar-refractivity contribution in [2.45, 2.75) is 52.6 Å². The minimum Gasteiger partial charge on any atom is -0.478 e. The first-order valence-corrected chi connectivity index (χ1v) is 7.81. The summed E-state index contributed by atoms with van der Waals surface area (Å²) in [6.45, 7) is 8.63. The fourth-order valence-electron chi connectivity index (χ4n) is 2.30. The molecular weight excluding hydrogens is 262 g/mol. The number of aliphatic carboxylic acids is 1. The van der Waals surface area contributed by atoms with Crippen LogP contribution in [0.15, 0.2) is 30.3 Å². The van der Waals surface area contributed by atoms with Crippen LogP contribution >= 0.6 is 0 Å². The van der Waals surface area contributed by atoms with E-state index in [-0.39, 0.29) is 0 Å². The lowest BCUT2D eigenvalue weighted by Crippen LogP contribution is -2.33. The Balaban J connectivity index is 2.89. The molecule has 21 heavy (non-hydrogen) atoms. The van der Waals surface area contributed by atoms with E-state index >= 15 is 0 Å². The summed E-state index contributed by atoms with van der Waals surface area (Å²) in [6.07, 6.45) is 6.40. The molecule has 1 aromatic carbocycles. The first-order valence-electron chi connectivity index (χ1n) is 7.81. The van der Waals surface area contributed by atoms with Gasteiger partial charge in [0.05, 0.1) is 0 Å². The summed E-state index contributed by atoms with van der Waals surface area (Å²) in [5.74, 6) is -0.908. The van der Waals surface area contributed by atoms with Gasteiger partial charge in [-0.05, 0) is 43.5 Å². The van der Waals surface area contributed by atoms with Gasteiger partial charge in [-0.3, -0.25) is 4.90 Å². The topological polar surface area (TPSA) is 40.5 Å². The molecule has 3 heteroatoms. The van der Waals surface area contributed by atoms with Crippen LogP contribution in [0, 0.1) is 0 Å². The highest BCUT2D eigenvalue weighted by Crippen LogP contribution is 2.17. The van der Waals surface area contributed by atoms with Crippen LogP contribution in [0.1, 0.15) is 51.2 Å². The van der Waals surface area contributed by atoms with Crippen molar-refractivity contribution in [2.24, 2.45) is 0 Å². The lowest BCUT2D eigenvalue weighted by atomic mass is 10.0. The monoisotopic (exact) mass is 289 g/mol. The number of hydrogen-bond acceptors (Lipinski definition) is 2. The van der Waals surface area contributed by atoms with Gasteiger partial charge >= 0.3 is 5.97 Å². The van der Waals surface area contributed by atoms with Crippen LogP contribution in [0.5, 0.6) is 0 Å². The second kappa shape index (κ2) is 9.35. The zero-order valence-electron chi connectivity index (χ0n) is 13.4. The lowest BCUT2D eigenvalue weighted by Gasteiger charge is -2.29. The van der Waals surface area contributed by atoms with Gasteiger partial charge in [0.25, 0.3) is 0 Å². The quantitative estimate of drug-likeness (QED) is 0.693. The molecule has 116 valence electrons. The van der Waals surface area contributed by atoms with E-state index < -0.39 is 5.97 Å². The summed E-state index contributed by atoms with van der Waals surface area (Å²) in [6, 6.07) is 8.56. The van der Waals surface area contributed by atoms with Crippen molar-refractivity contribution in [3.63, 3.8) is 0 Å². The molecule has 3 nitrogen and oxygen atoms in total. The summed E-state index contributed by atoms with van der Waals surface area (Å²) < 4.78 is 0. The standard InChI is InChI=1S/C18H27NO2/c1-4-6-13-19(15(3)5-2)14-17-10-8-7-9-16(17)11-12-18(20)21/h7-12,15H,4-6,13-14H2,1-3H3,(H,20,21). The SMILES string of the molecule is CCCCN(Cc1ccccc1C=CC(=O)O)C(C)CC. The van der Waals surface area contributed by atoms with Gasteiger partial charge in [0.2, 0.25) is 0 Å². The molecule has 0 saturated carbocycles. The summed E-state index contributed by atoms with van der Waals surface area (Å²) in [5.41, 5.74) is 2.18. The number of carboxylic acid groups (broad SMARTS) is 1.